The second-order valence-corrected chi connectivity index (χ2v) is 8.22. The van der Waals surface area contributed by atoms with Gasteiger partial charge in [-0.15, -0.1) is 0 Å². The first-order chi connectivity index (χ1) is 10.6. The lowest BCUT2D eigenvalue weighted by molar-refractivity contribution is 0.0200. The van der Waals surface area contributed by atoms with Gasteiger partial charge in [-0.3, -0.25) is 5.10 Å². The molecule has 1 amide bonds. The van der Waals surface area contributed by atoms with Crippen molar-refractivity contribution in [1.29, 1.82) is 0 Å². The highest BCUT2D eigenvalue weighted by molar-refractivity contribution is 5.68. The van der Waals surface area contributed by atoms with E-state index >= 15 is 0 Å². The number of hydrogen-bond acceptors (Lipinski definition) is 4. The zero-order chi connectivity index (χ0) is 17.1. The molecule has 2 rings (SSSR count). The molecule has 1 fully saturated rings. The van der Waals surface area contributed by atoms with Crippen LogP contribution < -0.4 is 5.32 Å². The van der Waals surface area contributed by atoms with E-state index < -0.39 is 5.60 Å². The molecule has 0 aromatic carbocycles. The van der Waals surface area contributed by atoms with E-state index in [1.54, 1.807) is 6.20 Å². The predicted molar refractivity (Wildman–Crippen MR) is 90.0 cm³/mol. The van der Waals surface area contributed by atoms with E-state index in [0.717, 1.165) is 38.2 Å². The molecule has 23 heavy (non-hydrogen) atoms. The molecule has 0 radical (unpaired) electrons. The first kappa shape index (κ1) is 17.8. The number of H-pyrrole nitrogens is 1. The molecule has 1 aromatic rings. The lowest BCUT2D eigenvalue weighted by Gasteiger charge is -2.31. The summed E-state index contributed by atoms with van der Waals surface area (Å²) < 4.78 is 5.53. The number of aromatic amines is 1. The number of rotatable bonds is 3. The normalized spacial score (nSPS) is 21.8. The number of ether oxygens (including phenoxy) is 1. The molecule has 0 aliphatic carbocycles. The van der Waals surface area contributed by atoms with Gasteiger partial charge in [-0.25, -0.2) is 4.79 Å². The fraction of sp³-hybridized carbons (Fsp3) is 0.765. The van der Waals surface area contributed by atoms with Crippen LogP contribution in [0.4, 0.5) is 4.79 Å². The fourth-order valence-corrected chi connectivity index (χ4v) is 3.04. The molecule has 1 aromatic heterocycles. The third-order valence-corrected chi connectivity index (χ3v) is 3.96. The van der Waals surface area contributed by atoms with Crippen LogP contribution >= 0.6 is 0 Å². The van der Waals surface area contributed by atoms with Crippen LogP contribution in [0.1, 0.15) is 53.2 Å². The van der Waals surface area contributed by atoms with Crippen LogP contribution in [-0.4, -0.2) is 45.9 Å². The van der Waals surface area contributed by atoms with Crippen LogP contribution in [-0.2, 0) is 11.3 Å². The van der Waals surface area contributed by atoms with Crippen molar-refractivity contribution < 1.29 is 9.53 Å². The Morgan fingerprint density at radius 3 is 2.87 bits per heavy atom. The molecule has 1 atom stereocenters. The van der Waals surface area contributed by atoms with Crippen LogP contribution in [0.3, 0.4) is 0 Å². The Morgan fingerprint density at radius 2 is 2.26 bits per heavy atom. The molecule has 1 aliphatic rings. The monoisotopic (exact) mass is 322 g/mol. The van der Waals surface area contributed by atoms with Crippen molar-refractivity contribution in [2.45, 2.75) is 65.6 Å². The first-order valence-electron chi connectivity index (χ1n) is 8.34. The maximum absolute atomic E-state index is 12.4. The minimum absolute atomic E-state index is 0.0546. The number of nitrogens with one attached hydrogen (secondary N) is 2. The van der Waals surface area contributed by atoms with Gasteiger partial charge in [-0.2, -0.15) is 5.10 Å². The molecule has 0 spiro atoms. The Morgan fingerprint density at radius 1 is 1.52 bits per heavy atom. The van der Waals surface area contributed by atoms with Crippen molar-refractivity contribution in [1.82, 2.24) is 20.4 Å². The number of amides is 1. The van der Waals surface area contributed by atoms with E-state index in [4.69, 9.17) is 4.74 Å². The van der Waals surface area contributed by atoms with Crippen LogP contribution in [0, 0.1) is 5.41 Å². The van der Waals surface area contributed by atoms with Gasteiger partial charge in [0.05, 0.1) is 0 Å². The van der Waals surface area contributed by atoms with E-state index in [0.29, 0.717) is 6.04 Å². The van der Waals surface area contributed by atoms with Crippen molar-refractivity contribution >= 4 is 6.09 Å². The van der Waals surface area contributed by atoms with E-state index in [-0.39, 0.29) is 11.5 Å². The van der Waals surface area contributed by atoms with Gasteiger partial charge in [0, 0.05) is 37.6 Å². The van der Waals surface area contributed by atoms with E-state index in [1.807, 2.05) is 31.7 Å². The molecule has 1 unspecified atom stereocenters. The Hall–Kier alpha value is -1.56. The lowest BCUT2D eigenvalue weighted by Crippen LogP contribution is -2.41. The Balaban J connectivity index is 1.94. The minimum Gasteiger partial charge on any atom is -0.444 e. The van der Waals surface area contributed by atoms with Gasteiger partial charge in [0.1, 0.15) is 5.60 Å². The summed E-state index contributed by atoms with van der Waals surface area (Å²) >= 11 is 0. The highest BCUT2D eigenvalue weighted by Crippen LogP contribution is 2.29. The maximum Gasteiger partial charge on any atom is 0.410 e. The van der Waals surface area contributed by atoms with Gasteiger partial charge in [-0.1, -0.05) is 13.8 Å². The van der Waals surface area contributed by atoms with Crippen molar-refractivity contribution in [2.24, 2.45) is 5.41 Å². The molecule has 130 valence electrons. The Bertz CT molecular complexity index is 505. The summed E-state index contributed by atoms with van der Waals surface area (Å²) in [6.07, 6.45) is 3.51. The SMILES string of the molecule is CC1(C)CC(NCc2ccn[nH]2)CCN(C(=O)OC(C)(C)C)C1. The topological polar surface area (TPSA) is 70.2 Å². The molecular weight excluding hydrogens is 292 g/mol. The summed E-state index contributed by atoms with van der Waals surface area (Å²) in [4.78, 5) is 14.2. The van der Waals surface area contributed by atoms with Gasteiger partial charge < -0.3 is 15.0 Å². The molecule has 1 aliphatic heterocycles. The number of hydrogen-bond donors (Lipinski definition) is 2. The number of carbonyl (C=O) groups excluding carboxylic acids is 1. The summed E-state index contributed by atoms with van der Waals surface area (Å²) in [5.41, 5.74) is 0.682. The molecule has 2 heterocycles. The third kappa shape index (κ3) is 5.86. The Kier molecular flexibility index (Phi) is 5.34. The highest BCUT2D eigenvalue weighted by Gasteiger charge is 2.33. The summed E-state index contributed by atoms with van der Waals surface area (Å²) in [5.74, 6) is 0. The lowest BCUT2D eigenvalue weighted by atomic mass is 9.86. The Labute approximate surface area is 139 Å². The van der Waals surface area contributed by atoms with Gasteiger partial charge in [0.25, 0.3) is 0 Å². The zero-order valence-corrected chi connectivity index (χ0v) is 15.0. The molecule has 0 saturated carbocycles. The zero-order valence-electron chi connectivity index (χ0n) is 15.0. The van der Waals surface area contributed by atoms with Gasteiger partial charge in [0.2, 0.25) is 0 Å². The van der Waals surface area contributed by atoms with E-state index in [9.17, 15) is 4.79 Å². The third-order valence-electron chi connectivity index (χ3n) is 3.96. The van der Waals surface area contributed by atoms with Crippen LogP contribution in [0.2, 0.25) is 0 Å². The minimum atomic E-state index is -0.453. The summed E-state index contributed by atoms with van der Waals surface area (Å²) in [6, 6.07) is 2.35. The smallest absolute Gasteiger partial charge is 0.410 e. The average Bonchev–Trinajstić information content (AvgIpc) is 2.85. The average molecular weight is 322 g/mol. The predicted octanol–water partition coefficient (Wildman–Crippen LogP) is 2.93. The summed E-state index contributed by atoms with van der Waals surface area (Å²) in [5, 5.41) is 10.5. The van der Waals surface area contributed by atoms with Crippen molar-refractivity contribution in [3.8, 4) is 0 Å². The molecule has 0 bridgehead atoms. The number of aromatic nitrogens is 2. The fourth-order valence-electron chi connectivity index (χ4n) is 3.04. The number of carbonyl (C=O) groups is 1. The van der Waals surface area contributed by atoms with Gasteiger partial charge in [0.15, 0.2) is 0 Å². The van der Waals surface area contributed by atoms with Crippen molar-refractivity contribution in [3.05, 3.63) is 18.0 Å². The highest BCUT2D eigenvalue weighted by atomic mass is 16.6. The van der Waals surface area contributed by atoms with Crippen LogP contribution in [0.15, 0.2) is 12.3 Å². The van der Waals surface area contributed by atoms with Gasteiger partial charge >= 0.3 is 6.09 Å². The quantitative estimate of drug-likeness (QED) is 0.897. The molecule has 6 heteroatoms. The number of likely N-dealkylation sites (tertiary alicyclic amines) is 1. The van der Waals surface area contributed by atoms with Crippen LogP contribution in [0.25, 0.3) is 0 Å². The molecule has 6 nitrogen and oxygen atoms in total. The molecular formula is C17H30N4O2. The number of nitrogens with zero attached hydrogens (tertiary/aromatic N) is 2. The van der Waals surface area contributed by atoms with Crippen molar-refractivity contribution in [2.75, 3.05) is 13.1 Å². The largest absolute Gasteiger partial charge is 0.444 e. The standard InChI is InChI=1S/C17H30N4O2/c1-16(2,3)23-15(22)21-9-7-13(10-17(4,5)12-21)18-11-14-6-8-19-20-14/h6,8,13,18H,7,9-12H2,1-5H3,(H,19,20). The summed E-state index contributed by atoms with van der Waals surface area (Å²) in [7, 11) is 0. The van der Waals surface area contributed by atoms with Gasteiger partial charge in [-0.05, 0) is 45.1 Å². The summed E-state index contributed by atoms with van der Waals surface area (Å²) in [6.45, 7) is 12.4. The second-order valence-electron chi connectivity index (χ2n) is 8.22. The second kappa shape index (κ2) is 6.91. The van der Waals surface area contributed by atoms with E-state index in [1.165, 1.54) is 0 Å². The molecule has 2 N–H and O–H groups in total. The van der Waals surface area contributed by atoms with Crippen LogP contribution in [0.5, 0.6) is 0 Å². The maximum atomic E-state index is 12.4. The molecule has 1 saturated heterocycles. The first-order valence-corrected chi connectivity index (χ1v) is 8.34. The van der Waals surface area contributed by atoms with E-state index in [2.05, 4.69) is 29.4 Å². The van der Waals surface area contributed by atoms with Crippen molar-refractivity contribution in [3.63, 3.8) is 0 Å².